The van der Waals surface area contributed by atoms with Crippen molar-refractivity contribution in [2.45, 2.75) is 6.54 Å². The van der Waals surface area contributed by atoms with Gasteiger partial charge in [0.05, 0.1) is 15.9 Å². The molecule has 4 heteroatoms. The van der Waals surface area contributed by atoms with Gasteiger partial charge < -0.3 is 5.73 Å². The fourth-order valence-corrected chi connectivity index (χ4v) is 2.68. The topological polar surface area (TPSA) is 51.8 Å². The minimum Gasteiger partial charge on any atom is -0.325 e. The third kappa shape index (κ3) is 1.92. The van der Waals surface area contributed by atoms with E-state index < -0.39 is 0 Å². The summed E-state index contributed by atoms with van der Waals surface area (Å²) in [4.78, 5) is 8.80. The molecule has 0 aliphatic heterocycles. The molecule has 3 rings (SSSR count). The van der Waals surface area contributed by atoms with Gasteiger partial charge in [0.15, 0.2) is 0 Å². The number of para-hydroxylation sites is 1. The summed E-state index contributed by atoms with van der Waals surface area (Å²) in [6.07, 6.45) is 1.78. The highest BCUT2D eigenvalue weighted by Gasteiger charge is 2.06. The Hall–Kier alpha value is -1.78. The standard InChI is InChI=1S/C13H11N3S/c14-8-10-7-9(5-6-15-10)13-16-11-3-1-2-4-12(11)17-13/h1-7H,8,14H2. The number of hydrogen-bond acceptors (Lipinski definition) is 4. The number of hydrogen-bond donors (Lipinski definition) is 1. The van der Waals surface area contributed by atoms with Crippen LogP contribution in [-0.4, -0.2) is 9.97 Å². The van der Waals surface area contributed by atoms with E-state index in [0.717, 1.165) is 21.8 Å². The first-order valence-electron chi connectivity index (χ1n) is 5.38. The van der Waals surface area contributed by atoms with Crippen LogP contribution in [0.15, 0.2) is 42.6 Å². The molecule has 0 aliphatic rings. The quantitative estimate of drug-likeness (QED) is 0.750. The highest BCUT2D eigenvalue weighted by Crippen LogP contribution is 2.29. The van der Waals surface area contributed by atoms with Gasteiger partial charge in [-0.15, -0.1) is 11.3 Å². The molecule has 84 valence electrons. The molecular weight excluding hydrogens is 230 g/mol. The van der Waals surface area contributed by atoms with Crippen LogP contribution in [0.3, 0.4) is 0 Å². The van der Waals surface area contributed by atoms with Crippen molar-refractivity contribution in [2.24, 2.45) is 5.73 Å². The number of nitrogens with zero attached hydrogens (tertiary/aromatic N) is 2. The Morgan fingerprint density at radius 2 is 2.06 bits per heavy atom. The highest BCUT2D eigenvalue weighted by molar-refractivity contribution is 7.21. The van der Waals surface area contributed by atoms with Gasteiger partial charge in [0, 0.05) is 18.3 Å². The first-order valence-corrected chi connectivity index (χ1v) is 6.19. The lowest BCUT2D eigenvalue weighted by atomic mass is 10.2. The van der Waals surface area contributed by atoms with E-state index in [9.17, 15) is 0 Å². The summed E-state index contributed by atoms with van der Waals surface area (Å²) >= 11 is 1.69. The number of thiazole rings is 1. The zero-order valence-corrected chi connectivity index (χ0v) is 9.95. The van der Waals surface area contributed by atoms with E-state index in [-0.39, 0.29) is 0 Å². The first-order chi connectivity index (χ1) is 8.36. The minimum atomic E-state index is 0.457. The van der Waals surface area contributed by atoms with Crippen molar-refractivity contribution in [3.63, 3.8) is 0 Å². The zero-order chi connectivity index (χ0) is 11.7. The molecular formula is C13H11N3S. The van der Waals surface area contributed by atoms with Gasteiger partial charge in [0.1, 0.15) is 5.01 Å². The lowest BCUT2D eigenvalue weighted by molar-refractivity contribution is 0.991. The van der Waals surface area contributed by atoms with Crippen molar-refractivity contribution in [3.8, 4) is 10.6 Å². The SMILES string of the molecule is NCc1cc(-c2nc3ccccc3s2)ccn1. The molecule has 0 fully saturated rings. The van der Waals surface area contributed by atoms with E-state index in [4.69, 9.17) is 5.73 Å². The van der Waals surface area contributed by atoms with Crippen LogP contribution in [0.2, 0.25) is 0 Å². The van der Waals surface area contributed by atoms with Crippen LogP contribution >= 0.6 is 11.3 Å². The van der Waals surface area contributed by atoms with Gasteiger partial charge in [-0.25, -0.2) is 4.98 Å². The van der Waals surface area contributed by atoms with Crippen molar-refractivity contribution in [3.05, 3.63) is 48.3 Å². The number of fused-ring (bicyclic) bond motifs is 1. The Balaban J connectivity index is 2.13. The molecule has 0 saturated heterocycles. The summed E-state index contributed by atoms with van der Waals surface area (Å²) < 4.78 is 1.20. The average Bonchev–Trinajstić information content (AvgIpc) is 2.82. The van der Waals surface area contributed by atoms with Crippen LogP contribution in [0.5, 0.6) is 0 Å². The van der Waals surface area contributed by atoms with Crippen molar-refractivity contribution >= 4 is 21.6 Å². The maximum absolute atomic E-state index is 5.59. The second-order valence-corrected chi connectivity index (χ2v) is 4.76. The van der Waals surface area contributed by atoms with E-state index in [1.165, 1.54) is 4.70 Å². The van der Waals surface area contributed by atoms with E-state index >= 15 is 0 Å². The van der Waals surface area contributed by atoms with Gasteiger partial charge in [0.2, 0.25) is 0 Å². The fraction of sp³-hybridized carbons (Fsp3) is 0.0769. The second kappa shape index (κ2) is 4.24. The molecule has 3 nitrogen and oxygen atoms in total. The van der Waals surface area contributed by atoms with Crippen molar-refractivity contribution in [2.75, 3.05) is 0 Å². The molecule has 0 aliphatic carbocycles. The molecule has 0 bridgehead atoms. The monoisotopic (exact) mass is 241 g/mol. The number of nitrogens with two attached hydrogens (primary N) is 1. The molecule has 2 heterocycles. The molecule has 0 atom stereocenters. The van der Waals surface area contributed by atoms with Crippen LogP contribution in [0, 0.1) is 0 Å². The highest BCUT2D eigenvalue weighted by atomic mass is 32.1. The zero-order valence-electron chi connectivity index (χ0n) is 9.13. The smallest absolute Gasteiger partial charge is 0.124 e. The second-order valence-electron chi connectivity index (χ2n) is 3.73. The van der Waals surface area contributed by atoms with Gasteiger partial charge in [-0.1, -0.05) is 12.1 Å². The third-order valence-corrected chi connectivity index (χ3v) is 3.65. The maximum Gasteiger partial charge on any atom is 0.124 e. The van der Waals surface area contributed by atoms with Crippen LogP contribution in [0.1, 0.15) is 5.69 Å². The third-order valence-electron chi connectivity index (χ3n) is 2.57. The summed E-state index contributed by atoms with van der Waals surface area (Å²) in [6, 6.07) is 12.1. The molecule has 1 aromatic carbocycles. The minimum absolute atomic E-state index is 0.457. The Bertz CT molecular complexity index is 627. The summed E-state index contributed by atoms with van der Waals surface area (Å²) in [5.41, 5.74) is 8.61. The fourth-order valence-electron chi connectivity index (χ4n) is 1.72. The van der Waals surface area contributed by atoms with E-state index in [0.29, 0.717) is 6.54 Å². The maximum atomic E-state index is 5.59. The predicted octanol–water partition coefficient (Wildman–Crippen LogP) is 2.82. The van der Waals surface area contributed by atoms with Crippen LogP contribution in [-0.2, 0) is 6.54 Å². The molecule has 0 unspecified atom stereocenters. The van der Waals surface area contributed by atoms with Gasteiger partial charge >= 0.3 is 0 Å². The molecule has 3 aromatic rings. The lowest BCUT2D eigenvalue weighted by Crippen LogP contribution is -1.98. The number of rotatable bonds is 2. The molecule has 2 aromatic heterocycles. The van der Waals surface area contributed by atoms with Crippen LogP contribution < -0.4 is 5.73 Å². The average molecular weight is 241 g/mol. The van der Waals surface area contributed by atoms with Crippen molar-refractivity contribution < 1.29 is 0 Å². The Morgan fingerprint density at radius 1 is 1.18 bits per heavy atom. The Morgan fingerprint density at radius 3 is 2.88 bits per heavy atom. The number of pyridine rings is 1. The number of aromatic nitrogens is 2. The molecule has 17 heavy (non-hydrogen) atoms. The van der Waals surface area contributed by atoms with Crippen LogP contribution in [0.25, 0.3) is 20.8 Å². The largest absolute Gasteiger partial charge is 0.325 e. The van der Waals surface area contributed by atoms with Crippen LogP contribution in [0.4, 0.5) is 0 Å². The molecule has 0 radical (unpaired) electrons. The molecule has 0 amide bonds. The van der Waals surface area contributed by atoms with Crippen molar-refractivity contribution in [1.82, 2.24) is 9.97 Å². The van der Waals surface area contributed by atoms with Gasteiger partial charge in [-0.05, 0) is 24.3 Å². The first kappa shape index (κ1) is 10.4. The van der Waals surface area contributed by atoms with E-state index in [1.807, 2.05) is 30.3 Å². The molecule has 0 spiro atoms. The van der Waals surface area contributed by atoms with Crippen molar-refractivity contribution in [1.29, 1.82) is 0 Å². The summed E-state index contributed by atoms with van der Waals surface area (Å²) in [6.45, 7) is 0.457. The van der Waals surface area contributed by atoms with Gasteiger partial charge in [-0.3, -0.25) is 4.98 Å². The number of benzene rings is 1. The van der Waals surface area contributed by atoms with E-state index in [1.54, 1.807) is 17.5 Å². The molecule has 2 N–H and O–H groups in total. The summed E-state index contributed by atoms with van der Waals surface area (Å²) in [7, 11) is 0. The Kier molecular flexibility index (Phi) is 2.59. The van der Waals surface area contributed by atoms with E-state index in [2.05, 4.69) is 16.0 Å². The summed E-state index contributed by atoms with van der Waals surface area (Å²) in [5.74, 6) is 0. The normalized spacial score (nSPS) is 10.9. The Labute approximate surface area is 103 Å². The predicted molar refractivity (Wildman–Crippen MR) is 70.7 cm³/mol. The van der Waals surface area contributed by atoms with Gasteiger partial charge in [0.25, 0.3) is 0 Å². The summed E-state index contributed by atoms with van der Waals surface area (Å²) in [5, 5.41) is 1.02. The lowest BCUT2D eigenvalue weighted by Gasteiger charge is -1.98. The molecule has 0 saturated carbocycles. The van der Waals surface area contributed by atoms with Gasteiger partial charge in [-0.2, -0.15) is 0 Å².